The molecule has 1 amide bonds. The summed E-state index contributed by atoms with van der Waals surface area (Å²) in [5.41, 5.74) is -5.37. The molecule has 1 atom stereocenters. The first kappa shape index (κ1) is 51.6. The monoisotopic (exact) mass is 901 g/mol. The Morgan fingerprint density at radius 3 is 1.09 bits per heavy atom. The number of alkyl halides is 26. The molecule has 0 saturated carbocycles. The van der Waals surface area contributed by atoms with Crippen molar-refractivity contribution in [3.8, 4) is 0 Å². The molecule has 30 heteroatoms. The molecular weight excluding hydrogens is 880 g/mol. The number of halogens is 26. The van der Waals surface area contributed by atoms with Gasteiger partial charge in [-0.25, -0.2) is 4.79 Å². The molecule has 57 heavy (non-hydrogen) atoms. The Labute approximate surface area is 299 Å². The molecular formula is C27H21F26NO3. The first-order chi connectivity index (χ1) is 24.9. The second kappa shape index (κ2) is 15.3. The first-order valence-corrected chi connectivity index (χ1v) is 14.5. The molecule has 1 rings (SSSR count). The van der Waals surface area contributed by atoms with E-state index < -0.39 is 127 Å². The van der Waals surface area contributed by atoms with Crippen LogP contribution in [0.25, 0.3) is 0 Å². The Balaban J connectivity index is 3.97. The van der Waals surface area contributed by atoms with Crippen molar-refractivity contribution < 1.29 is 129 Å². The second-order valence-corrected chi connectivity index (χ2v) is 11.8. The van der Waals surface area contributed by atoms with E-state index in [0.29, 0.717) is 12.1 Å². The fraction of sp³-hybridized carbons (Fsp3) is 0.741. The summed E-state index contributed by atoms with van der Waals surface area (Å²) >= 11 is 0. The summed E-state index contributed by atoms with van der Waals surface area (Å²) < 4.78 is 359. The third-order valence-electron chi connectivity index (χ3n) is 7.95. The van der Waals surface area contributed by atoms with Crippen molar-refractivity contribution in [2.45, 2.75) is 116 Å². The highest BCUT2D eigenvalue weighted by Crippen LogP contribution is 2.63. The highest BCUT2D eigenvalue weighted by molar-refractivity contribution is 5.68. The van der Waals surface area contributed by atoms with Crippen LogP contribution in [0.15, 0.2) is 30.3 Å². The van der Waals surface area contributed by atoms with Gasteiger partial charge >= 0.3 is 77.7 Å². The number of hydrogen-bond acceptors (Lipinski definition) is 3. The molecule has 0 aliphatic rings. The molecule has 0 heterocycles. The van der Waals surface area contributed by atoms with E-state index in [1.165, 1.54) is 5.32 Å². The quantitative estimate of drug-likeness (QED) is 0.144. The van der Waals surface area contributed by atoms with E-state index in [2.05, 4.69) is 4.74 Å². The van der Waals surface area contributed by atoms with Crippen LogP contribution in [0.2, 0.25) is 0 Å². The zero-order valence-electron chi connectivity index (χ0n) is 27.1. The Morgan fingerprint density at radius 1 is 0.509 bits per heavy atom. The summed E-state index contributed by atoms with van der Waals surface area (Å²) in [5, 5.41) is 12.5. The molecule has 0 aromatic heterocycles. The van der Waals surface area contributed by atoms with Crippen molar-refractivity contribution in [2.75, 3.05) is 6.61 Å². The van der Waals surface area contributed by atoms with Crippen molar-refractivity contribution in [3.05, 3.63) is 35.9 Å². The lowest BCUT2D eigenvalue weighted by molar-refractivity contribution is -0.440. The molecule has 4 nitrogen and oxygen atoms in total. The highest BCUT2D eigenvalue weighted by Gasteiger charge is 2.92. The van der Waals surface area contributed by atoms with E-state index in [-0.39, 0.29) is 0 Å². The Hall–Kier alpha value is -3.37. The number of amides is 1. The van der Waals surface area contributed by atoms with Gasteiger partial charge in [0.1, 0.15) is 0 Å². The maximum absolute atomic E-state index is 14.7. The predicted octanol–water partition coefficient (Wildman–Crippen LogP) is 11.2. The molecule has 0 bridgehead atoms. The third-order valence-corrected chi connectivity index (χ3v) is 7.95. The number of aliphatic hydroxyl groups is 1. The number of benzene rings is 1. The van der Waals surface area contributed by atoms with Crippen LogP contribution in [0.1, 0.15) is 44.2 Å². The Morgan fingerprint density at radius 2 is 0.807 bits per heavy atom. The summed E-state index contributed by atoms with van der Waals surface area (Å²) in [6.45, 7) is 0.184. The number of nitrogens with one attached hydrogen (secondary N) is 1. The van der Waals surface area contributed by atoms with Crippen LogP contribution < -0.4 is 5.32 Å². The van der Waals surface area contributed by atoms with Gasteiger partial charge in [-0.05, 0) is 25.3 Å². The predicted molar refractivity (Wildman–Crippen MR) is 134 cm³/mol. The molecule has 2 N–H and O–H groups in total. The van der Waals surface area contributed by atoms with Crippen LogP contribution in [0.4, 0.5) is 119 Å². The normalized spacial score (nSPS) is 16.1. The minimum atomic E-state index is -8.50. The minimum absolute atomic E-state index is 0.545. The minimum Gasteiger partial charge on any atom is -0.450 e. The van der Waals surface area contributed by atoms with Crippen molar-refractivity contribution in [2.24, 2.45) is 0 Å². The molecule has 0 radical (unpaired) electrons. The number of ether oxygens (including phenoxy) is 1. The fourth-order valence-electron chi connectivity index (χ4n) is 4.54. The number of carbonyl (C=O) groups excluding carboxylic acids is 1. The second-order valence-electron chi connectivity index (χ2n) is 11.8. The lowest BCUT2D eigenvalue weighted by Crippen LogP contribution is -2.70. The van der Waals surface area contributed by atoms with Gasteiger partial charge in [0.2, 0.25) is 0 Å². The molecule has 0 aliphatic carbocycles. The first-order valence-electron chi connectivity index (χ1n) is 14.5. The molecule has 1 aromatic rings. The van der Waals surface area contributed by atoms with Gasteiger partial charge in [-0.15, -0.1) is 0 Å². The zero-order chi connectivity index (χ0) is 45.7. The van der Waals surface area contributed by atoms with Crippen LogP contribution in [0, 0.1) is 0 Å². The highest BCUT2D eigenvalue weighted by atomic mass is 19.4. The van der Waals surface area contributed by atoms with Crippen LogP contribution in [0.5, 0.6) is 0 Å². The fourth-order valence-corrected chi connectivity index (χ4v) is 4.54. The van der Waals surface area contributed by atoms with Crippen LogP contribution >= 0.6 is 0 Å². The van der Waals surface area contributed by atoms with E-state index >= 15 is 0 Å². The zero-order valence-corrected chi connectivity index (χ0v) is 27.1. The van der Waals surface area contributed by atoms with Gasteiger partial charge in [0.15, 0.2) is 0 Å². The number of alkyl carbamates (subject to hydrolysis) is 1. The molecule has 0 unspecified atom stereocenters. The summed E-state index contributed by atoms with van der Waals surface area (Å²) in [6.07, 6.45) is -30.6. The van der Waals surface area contributed by atoms with E-state index in [4.69, 9.17) is 0 Å². The average molecular weight is 901 g/mol. The van der Waals surface area contributed by atoms with E-state index in [1.54, 1.807) is 0 Å². The van der Waals surface area contributed by atoms with Crippen molar-refractivity contribution in [3.63, 3.8) is 0 Å². The number of hydrogen-bond donors (Lipinski definition) is 2. The van der Waals surface area contributed by atoms with Crippen LogP contribution in [-0.2, 0) is 4.74 Å². The SMILES string of the molecule is CCOC(=O)N[C@H](c1ccccc1)C(O)(CCC(F)(F)C(F)(F)C(F)(F)C(F)(F)C(F)(F)C(F)(F)F)CCC(F)(F)C(F)(F)C(F)(F)C(F)(F)C(F)(F)C(F)(F)F. The molecule has 0 fully saturated rings. The molecule has 0 saturated heterocycles. The Kier molecular flexibility index (Phi) is 13.9. The van der Waals surface area contributed by atoms with Crippen LogP contribution in [0.3, 0.4) is 0 Å². The van der Waals surface area contributed by atoms with Gasteiger partial charge in [-0.1, -0.05) is 30.3 Å². The maximum atomic E-state index is 14.7. The summed E-state index contributed by atoms with van der Waals surface area (Å²) in [4.78, 5) is 12.2. The summed E-state index contributed by atoms with van der Waals surface area (Å²) in [7, 11) is 0. The standard InChI is InChI=1S/C27H21F26NO3/c1-2-57-14(55)54-13(12-6-4-3-5-7-12)15(56,8-10-16(28,29)18(32,33)20(36,37)22(40,41)24(44,45)26(48,49)50)9-11-17(30,31)19(34,35)21(38,39)23(42,43)25(46,47)27(51,52)53/h3-7,13,56H,2,8-11H2,1H3,(H,54,55)/t13-/m1/s1. The van der Waals surface area contributed by atoms with Crippen molar-refractivity contribution in [1.29, 1.82) is 0 Å². The van der Waals surface area contributed by atoms with Crippen LogP contribution in [-0.4, -0.2) is 95.0 Å². The van der Waals surface area contributed by atoms with Gasteiger partial charge in [-0.2, -0.15) is 114 Å². The van der Waals surface area contributed by atoms with E-state index in [1.807, 2.05) is 0 Å². The van der Waals surface area contributed by atoms with Crippen molar-refractivity contribution in [1.82, 2.24) is 5.32 Å². The van der Waals surface area contributed by atoms with E-state index in [0.717, 1.165) is 25.1 Å². The third kappa shape index (κ3) is 8.55. The number of carbonyl (C=O) groups is 1. The summed E-state index contributed by atoms with van der Waals surface area (Å²) in [5.74, 6) is -81.1. The smallest absolute Gasteiger partial charge is 0.450 e. The number of rotatable bonds is 18. The van der Waals surface area contributed by atoms with Crippen molar-refractivity contribution >= 4 is 6.09 Å². The summed E-state index contributed by atoms with van der Waals surface area (Å²) in [6, 6.07) is 0.583. The molecule has 334 valence electrons. The van der Waals surface area contributed by atoms with Gasteiger partial charge in [0, 0.05) is 12.8 Å². The van der Waals surface area contributed by atoms with Gasteiger partial charge in [0.25, 0.3) is 0 Å². The van der Waals surface area contributed by atoms with Gasteiger partial charge in [-0.3, -0.25) is 0 Å². The lowest BCUT2D eigenvalue weighted by atomic mass is 9.78. The molecule has 0 spiro atoms. The largest absolute Gasteiger partial charge is 0.460 e. The molecule has 1 aromatic carbocycles. The lowest BCUT2D eigenvalue weighted by Gasteiger charge is -2.43. The van der Waals surface area contributed by atoms with Gasteiger partial charge < -0.3 is 15.2 Å². The topological polar surface area (TPSA) is 58.6 Å². The Bertz CT molecular complexity index is 1440. The maximum Gasteiger partial charge on any atom is 0.460 e. The average Bonchev–Trinajstić information content (AvgIpc) is 3.04. The van der Waals surface area contributed by atoms with Gasteiger partial charge in [0.05, 0.1) is 18.2 Å². The molecule has 0 aliphatic heterocycles. The van der Waals surface area contributed by atoms with E-state index in [9.17, 15) is 124 Å².